The van der Waals surface area contributed by atoms with Gasteiger partial charge in [0.25, 0.3) is 0 Å². The number of carbonyl (C=O) groups is 1. The lowest BCUT2D eigenvalue weighted by molar-refractivity contribution is -0.134. The lowest BCUT2D eigenvalue weighted by atomic mass is 9.86. The zero-order valence-electron chi connectivity index (χ0n) is 21.1. The van der Waals surface area contributed by atoms with E-state index in [2.05, 4.69) is 39.2 Å². The van der Waals surface area contributed by atoms with E-state index in [9.17, 15) is 4.79 Å². The Morgan fingerprint density at radius 1 is 0.973 bits per heavy atom. The van der Waals surface area contributed by atoms with Gasteiger partial charge in [0.1, 0.15) is 6.54 Å². The van der Waals surface area contributed by atoms with Crippen LogP contribution in [0.3, 0.4) is 0 Å². The van der Waals surface area contributed by atoms with Crippen LogP contribution < -0.4 is 0 Å². The van der Waals surface area contributed by atoms with Crippen LogP contribution in [0.25, 0.3) is 0 Å². The third-order valence-electron chi connectivity index (χ3n) is 7.18. The van der Waals surface area contributed by atoms with Gasteiger partial charge in [-0.1, -0.05) is 90.7 Å². The van der Waals surface area contributed by atoms with E-state index in [4.69, 9.17) is 0 Å². The fourth-order valence-corrected chi connectivity index (χ4v) is 5.17. The minimum absolute atomic E-state index is 0.0990. The molecule has 2 heterocycles. The van der Waals surface area contributed by atoms with Crippen LogP contribution in [0, 0.1) is 11.8 Å². The second-order valence-corrected chi connectivity index (χ2v) is 9.54. The van der Waals surface area contributed by atoms with Crippen LogP contribution in [0.4, 0.5) is 0 Å². The highest BCUT2D eigenvalue weighted by atomic mass is 16.2. The monoisotopic (exact) mass is 489 g/mol. The van der Waals surface area contributed by atoms with Crippen molar-refractivity contribution in [2.24, 2.45) is 15.4 Å². The minimum Gasteiger partial charge on any atom is -0.333 e. The molecule has 3 aromatic rings. The van der Waals surface area contributed by atoms with Crippen molar-refractivity contribution >= 4 is 11.6 Å². The summed E-state index contributed by atoms with van der Waals surface area (Å²) >= 11 is 0. The number of nitrogens with zero attached hydrogens (tertiary/aromatic N) is 5. The Hall–Kier alpha value is -4.08. The summed E-state index contributed by atoms with van der Waals surface area (Å²) in [5.74, 6) is 6.29. The molecule has 0 N–H and O–H groups in total. The third kappa shape index (κ3) is 5.84. The molecule has 0 aliphatic carbocycles. The van der Waals surface area contributed by atoms with Crippen molar-refractivity contribution in [1.29, 1.82) is 0 Å². The van der Waals surface area contributed by atoms with Gasteiger partial charge in [-0.2, -0.15) is 5.11 Å². The second-order valence-electron chi connectivity index (χ2n) is 9.54. The van der Waals surface area contributed by atoms with E-state index in [1.165, 1.54) is 0 Å². The number of rotatable bonds is 6. The molecule has 2 aliphatic heterocycles. The first-order chi connectivity index (χ1) is 18.2. The number of amides is 1. The maximum absolute atomic E-state index is 14.2. The molecular formula is C31H31N5O. The average Bonchev–Trinajstić information content (AvgIpc) is 3.50. The van der Waals surface area contributed by atoms with Crippen LogP contribution in [-0.4, -0.2) is 60.2 Å². The van der Waals surface area contributed by atoms with Gasteiger partial charge in [-0.3, -0.25) is 9.69 Å². The van der Waals surface area contributed by atoms with Crippen molar-refractivity contribution in [3.05, 3.63) is 108 Å². The first kappa shape index (κ1) is 24.6. The molecule has 0 aromatic heterocycles. The molecule has 0 radical (unpaired) electrons. The Balaban J connectivity index is 1.36. The van der Waals surface area contributed by atoms with Gasteiger partial charge >= 0.3 is 0 Å². The molecule has 0 bridgehead atoms. The van der Waals surface area contributed by atoms with Gasteiger partial charge in [0, 0.05) is 18.2 Å². The van der Waals surface area contributed by atoms with Crippen LogP contribution in [-0.2, 0) is 4.79 Å². The fourth-order valence-electron chi connectivity index (χ4n) is 5.17. The topological polar surface area (TPSA) is 60.6 Å². The zero-order valence-corrected chi connectivity index (χ0v) is 21.1. The number of piperidine rings is 1. The summed E-state index contributed by atoms with van der Waals surface area (Å²) < 4.78 is 0. The number of benzene rings is 3. The van der Waals surface area contributed by atoms with Crippen LogP contribution in [0.15, 0.2) is 106 Å². The van der Waals surface area contributed by atoms with Crippen LogP contribution in [0.1, 0.15) is 35.4 Å². The molecule has 0 unspecified atom stereocenters. The molecule has 37 heavy (non-hydrogen) atoms. The van der Waals surface area contributed by atoms with Crippen molar-refractivity contribution < 1.29 is 4.79 Å². The molecule has 1 fully saturated rings. The molecule has 0 spiro atoms. The van der Waals surface area contributed by atoms with Gasteiger partial charge in [-0.05, 0) is 48.4 Å². The first-order valence-electron chi connectivity index (χ1n) is 12.8. The molecule has 2 atom stereocenters. The molecule has 1 amide bonds. The second kappa shape index (κ2) is 11.8. The van der Waals surface area contributed by atoms with E-state index in [1.54, 1.807) is 0 Å². The summed E-state index contributed by atoms with van der Waals surface area (Å²) in [7, 11) is 2.11. The molecule has 2 aliphatic rings. The Labute approximate surface area is 218 Å². The van der Waals surface area contributed by atoms with E-state index in [-0.39, 0.29) is 23.9 Å². The highest BCUT2D eigenvalue weighted by Crippen LogP contribution is 2.32. The SMILES string of the molecule is CN(CC#Cc1ccccc1)[C@@H]1CCN(C(=O)C(c2ccccc2)c2ccccc2)[C@H](C2=NN=NC2)C1. The smallest absolute Gasteiger partial charge is 0.235 e. The summed E-state index contributed by atoms with van der Waals surface area (Å²) in [6.45, 7) is 1.76. The van der Waals surface area contributed by atoms with Gasteiger partial charge in [-0.25, -0.2) is 0 Å². The van der Waals surface area contributed by atoms with Crippen molar-refractivity contribution in [2.75, 3.05) is 26.7 Å². The van der Waals surface area contributed by atoms with Crippen LogP contribution in [0.5, 0.6) is 0 Å². The Bertz CT molecular complexity index is 1270. The van der Waals surface area contributed by atoms with Crippen LogP contribution >= 0.6 is 0 Å². The Kier molecular flexibility index (Phi) is 7.83. The van der Waals surface area contributed by atoms with Gasteiger partial charge in [0.15, 0.2) is 0 Å². The maximum Gasteiger partial charge on any atom is 0.235 e. The Morgan fingerprint density at radius 2 is 1.59 bits per heavy atom. The molecule has 1 saturated heterocycles. The zero-order chi connectivity index (χ0) is 25.5. The van der Waals surface area contributed by atoms with Crippen molar-refractivity contribution in [1.82, 2.24) is 9.80 Å². The molecule has 5 rings (SSSR count). The first-order valence-corrected chi connectivity index (χ1v) is 12.8. The van der Waals surface area contributed by atoms with Gasteiger partial charge in [-0.15, -0.1) is 5.10 Å². The lowest BCUT2D eigenvalue weighted by Crippen LogP contribution is -2.55. The normalized spacial score (nSPS) is 19.0. The fraction of sp³-hybridized carbons (Fsp3) is 0.290. The number of likely N-dealkylation sites (tertiary alicyclic amines) is 1. The predicted octanol–water partition coefficient (Wildman–Crippen LogP) is 4.98. The van der Waals surface area contributed by atoms with Crippen molar-refractivity contribution in [3.8, 4) is 11.8 Å². The van der Waals surface area contributed by atoms with Gasteiger partial charge in [0.05, 0.1) is 24.2 Å². The van der Waals surface area contributed by atoms with Crippen molar-refractivity contribution in [2.45, 2.75) is 30.8 Å². The van der Waals surface area contributed by atoms with Crippen LogP contribution in [0.2, 0.25) is 0 Å². The summed E-state index contributed by atoms with van der Waals surface area (Å²) in [6, 6.07) is 30.3. The van der Waals surface area contributed by atoms with E-state index < -0.39 is 0 Å². The summed E-state index contributed by atoms with van der Waals surface area (Å²) in [4.78, 5) is 18.6. The van der Waals surface area contributed by atoms with Gasteiger partial charge in [0.2, 0.25) is 5.91 Å². The highest BCUT2D eigenvalue weighted by molar-refractivity contribution is 5.97. The number of carbonyl (C=O) groups excluding carboxylic acids is 1. The average molecular weight is 490 g/mol. The largest absolute Gasteiger partial charge is 0.333 e. The third-order valence-corrected chi connectivity index (χ3v) is 7.18. The molecule has 186 valence electrons. The summed E-state index contributed by atoms with van der Waals surface area (Å²) in [5.41, 5.74) is 3.87. The molecular weight excluding hydrogens is 458 g/mol. The lowest BCUT2D eigenvalue weighted by Gasteiger charge is -2.43. The number of hydrogen-bond donors (Lipinski definition) is 0. The quantitative estimate of drug-likeness (QED) is 0.459. The molecule has 3 aromatic carbocycles. The van der Waals surface area contributed by atoms with E-state index in [0.29, 0.717) is 19.6 Å². The summed E-state index contributed by atoms with van der Waals surface area (Å²) in [6.07, 6.45) is 1.67. The molecule has 6 nitrogen and oxygen atoms in total. The molecule has 6 heteroatoms. The van der Waals surface area contributed by atoms with Gasteiger partial charge < -0.3 is 4.90 Å². The maximum atomic E-state index is 14.2. The minimum atomic E-state index is -0.369. The van der Waals surface area contributed by atoms with E-state index in [1.807, 2.05) is 95.9 Å². The molecule has 0 saturated carbocycles. The summed E-state index contributed by atoms with van der Waals surface area (Å²) in [5, 5.41) is 12.3. The van der Waals surface area contributed by atoms with E-state index in [0.717, 1.165) is 35.2 Å². The number of hydrogen-bond acceptors (Lipinski definition) is 5. The predicted molar refractivity (Wildman–Crippen MR) is 146 cm³/mol. The standard InChI is InChI=1S/C31H31N5O/c1-35(20-11-14-24-12-5-2-6-13-24)27-19-21-36(29(22-27)28-23-32-34-33-28)31(37)30(25-15-7-3-8-16-25)26-17-9-4-10-18-26/h2-10,12-13,15-18,27,29-30H,19-23H2,1H3/t27-,29+/m1/s1. The Morgan fingerprint density at radius 3 is 2.19 bits per heavy atom. The van der Waals surface area contributed by atoms with Crippen molar-refractivity contribution in [3.63, 3.8) is 0 Å². The van der Waals surface area contributed by atoms with E-state index >= 15 is 0 Å². The highest BCUT2D eigenvalue weighted by Gasteiger charge is 2.39.